The number of carbonyl (C=O) groups is 1. The Balaban J connectivity index is 1.96. The average molecular weight is 440 g/mol. The molecular formula is C19H26BrN3O2S. The van der Waals surface area contributed by atoms with E-state index < -0.39 is 10.2 Å². The van der Waals surface area contributed by atoms with Crippen LogP contribution in [-0.2, 0) is 0 Å². The zero-order valence-corrected chi connectivity index (χ0v) is 17.9. The van der Waals surface area contributed by atoms with Gasteiger partial charge in [-0.05, 0) is 49.1 Å². The number of carbonyl (C=O) groups excluding carboxylic acids is 1. The van der Waals surface area contributed by atoms with Crippen LogP contribution in [0.1, 0.15) is 43.5 Å². The molecule has 1 unspecified atom stereocenters. The number of benzene rings is 1. The Morgan fingerprint density at radius 3 is 2.69 bits per heavy atom. The molecule has 0 bridgehead atoms. The van der Waals surface area contributed by atoms with Crippen LogP contribution in [0.2, 0.25) is 0 Å². The van der Waals surface area contributed by atoms with Crippen molar-refractivity contribution in [1.82, 2.24) is 9.21 Å². The number of rotatable bonds is 3. The van der Waals surface area contributed by atoms with Gasteiger partial charge in [0.1, 0.15) is 5.75 Å². The van der Waals surface area contributed by atoms with Gasteiger partial charge in [0.15, 0.2) is 5.17 Å². The van der Waals surface area contributed by atoms with E-state index in [4.69, 9.17) is 4.99 Å². The van der Waals surface area contributed by atoms with Gasteiger partial charge in [-0.3, -0.25) is 14.0 Å². The van der Waals surface area contributed by atoms with E-state index in [9.17, 15) is 9.90 Å². The lowest BCUT2D eigenvalue weighted by Crippen LogP contribution is -2.43. The van der Waals surface area contributed by atoms with Gasteiger partial charge in [0, 0.05) is 30.3 Å². The molecule has 1 N–H and O–H groups in total. The summed E-state index contributed by atoms with van der Waals surface area (Å²) in [6.45, 7) is 6.29. The summed E-state index contributed by atoms with van der Waals surface area (Å²) >= 11 is 3.38. The summed E-state index contributed by atoms with van der Waals surface area (Å²) in [7, 11) is 0.340. The molecule has 3 rings (SSSR count). The topological polar surface area (TPSA) is 56.1 Å². The van der Waals surface area contributed by atoms with Crippen molar-refractivity contribution in [1.29, 1.82) is 0 Å². The number of halogens is 1. The van der Waals surface area contributed by atoms with Crippen molar-refractivity contribution in [2.24, 2.45) is 4.99 Å². The Hall–Kier alpha value is -1.31. The highest BCUT2D eigenvalue weighted by Crippen LogP contribution is 2.59. The first kappa shape index (κ1) is 19.5. The van der Waals surface area contributed by atoms with E-state index in [2.05, 4.69) is 32.6 Å². The van der Waals surface area contributed by atoms with Crippen LogP contribution in [0.15, 0.2) is 38.8 Å². The maximum absolute atomic E-state index is 13.1. The lowest BCUT2D eigenvalue weighted by Gasteiger charge is -2.48. The molecule has 142 valence electrons. The summed E-state index contributed by atoms with van der Waals surface area (Å²) in [5.74, 6) is 0.696. The van der Waals surface area contributed by atoms with Crippen LogP contribution < -0.4 is 0 Å². The number of phenols is 1. The van der Waals surface area contributed by atoms with Crippen LogP contribution in [-0.4, -0.2) is 51.3 Å². The van der Waals surface area contributed by atoms with Crippen molar-refractivity contribution in [3.63, 3.8) is 0 Å². The van der Waals surface area contributed by atoms with Crippen LogP contribution >= 0.6 is 26.1 Å². The highest BCUT2D eigenvalue weighted by atomic mass is 79.9. The van der Waals surface area contributed by atoms with Crippen molar-refractivity contribution in [2.45, 2.75) is 33.1 Å². The molecule has 0 saturated carbocycles. The van der Waals surface area contributed by atoms with Crippen LogP contribution in [0.5, 0.6) is 5.75 Å². The molecule has 1 aromatic carbocycles. The highest BCUT2D eigenvalue weighted by molar-refractivity contribution is 9.10. The van der Waals surface area contributed by atoms with Crippen LogP contribution in [0.4, 0.5) is 0 Å². The van der Waals surface area contributed by atoms with Gasteiger partial charge in [-0.15, -0.1) is 10.2 Å². The smallest absolute Gasteiger partial charge is 0.263 e. The molecule has 2 aliphatic heterocycles. The molecule has 2 aliphatic rings. The summed E-state index contributed by atoms with van der Waals surface area (Å²) in [6.07, 6.45) is 3.66. The minimum atomic E-state index is -1.43. The number of piperidine rings is 1. The first-order valence-electron chi connectivity index (χ1n) is 8.99. The fourth-order valence-corrected chi connectivity index (χ4v) is 7.65. The Kier molecular flexibility index (Phi) is 5.79. The Morgan fingerprint density at radius 2 is 2.04 bits per heavy atom. The van der Waals surface area contributed by atoms with Gasteiger partial charge in [0.25, 0.3) is 5.91 Å². The van der Waals surface area contributed by atoms with E-state index >= 15 is 0 Å². The molecule has 1 saturated heterocycles. The third-order valence-electron chi connectivity index (χ3n) is 4.95. The van der Waals surface area contributed by atoms with Gasteiger partial charge >= 0.3 is 0 Å². The number of hydrogen-bond acceptors (Lipinski definition) is 4. The Labute approximate surface area is 165 Å². The van der Waals surface area contributed by atoms with Crippen LogP contribution in [0, 0.1) is 0 Å². The fraction of sp³-hybridized carbons (Fsp3) is 0.474. The third-order valence-corrected chi connectivity index (χ3v) is 9.34. The maximum atomic E-state index is 13.1. The van der Waals surface area contributed by atoms with E-state index in [0.29, 0.717) is 0 Å². The molecule has 0 spiro atoms. The van der Waals surface area contributed by atoms with Gasteiger partial charge < -0.3 is 5.11 Å². The van der Waals surface area contributed by atoms with Gasteiger partial charge in [-0.1, -0.05) is 29.3 Å². The first-order valence-corrected chi connectivity index (χ1v) is 11.6. The second-order valence-corrected chi connectivity index (χ2v) is 10.8. The summed E-state index contributed by atoms with van der Waals surface area (Å²) < 4.78 is 3.30. The number of amidine groups is 1. The van der Waals surface area contributed by atoms with E-state index in [0.717, 1.165) is 34.2 Å². The molecule has 1 atom stereocenters. The molecule has 2 heterocycles. The van der Waals surface area contributed by atoms with E-state index in [-0.39, 0.29) is 17.2 Å². The second kappa shape index (κ2) is 7.74. The summed E-state index contributed by atoms with van der Waals surface area (Å²) in [5.41, 5.74) is 1.26. The van der Waals surface area contributed by atoms with Crippen molar-refractivity contribution >= 4 is 37.2 Å². The number of phenolic OH excluding ortho intramolecular Hbond substituents is 1. The lowest BCUT2D eigenvalue weighted by atomic mass is 10.2. The fourth-order valence-electron chi connectivity index (χ4n) is 3.63. The van der Waals surface area contributed by atoms with E-state index in [1.165, 1.54) is 25.3 Å². The maximum Gasteiger partial charge on any atom is 0.263 e. The van der Waals surface area contributed by atoms with Gasteiger partial charge in [0.2, 0.25) is 0 Å². The zero-order chi connectivity index (χ0) is 18.9. The van der Waals surface area contributed by atoms with E-state index in [1.54, 1.807) is 24.1 Å². The second-order valence-electron chi connectivity index (χ2n) is 6.71. The molecule has 7 heteroatoms. The lowest BCUT2D eigenvalue weighted by molar-refractivity contribution is 0.0870. The highest BCUT2D eigenvalue weighted by Gasteiger charge is 2.41. The number of aliphatic imine (C=N–C) groups is 1. The molecule has 5 nitrogen and oxygen atoms in total. The minimum absolute atomic E-state index is 0.0107. The molecule has 1 aromatic rings. The standard InChI is InChI=1S/C19H26BrN3O2S/c1-4-26(23-10-6-5-7-11-23)13-14(2)21-19(26)22(3)18(25)16-12-15(20)8-9-17(16)24/h8-9,12-13,24H,4-7,10-11H2,1-3H3. The molecule has 26 heavy (non-hydrogen) atoms. The first-order chi connectivity index (χ1) is 12.4. The normalized spacial score (nSPS) is 26.0. The number of allylic oxidation sites excluding steroid dienone is 1. The minimum Gasteiger partial charge on any atom is -0.507 e. The van der Waals surface area contributed by atoms with E-state index in [1.807, 2.05) is 6.92 Å². The monoisotopic (exact) mass is 439 g/mol. The molecule has 0 radical (unpaired) electrons. The molecule has 1 fully saturated rings. The largest absolute Gasteiger partial charge is 0.507 e. The third kappa shape index (κ3) is 3.44. The number of hydrogen-bond donors (Lipinski definition) is 1. The number of nitrogens with zero attached hydrogens (tertiary/aromatic N) is 3. The molecule has 0 aliphatic carbocycles. The molecule has 0 aromatic heterocycles. The summed E-state index contributed by atoms with van der Waals surface area (Å²) in [4.78, 5) is 19.5. The number of amides is 1. The zero-order valence-electron chi connectivity index (χ0n) is 15.5. The van der Waals surface area contributed by atoms with Crippen molar-refractivity contribution < 1.29 is 9.90 Å². The molecular weight excluding hydrogens is 414 g/mol. The quantitative estimate of drug-likeness (QED) is 0.743. The summed E-state index contributed by atoms with van der Waals surface area (Å²) in [5, 5.41) is 13.3. The van der Waals surface area contributed by atoms with Gasteiger partial charge in [0.05, 0.1) is 5.56 Å². The molecule has 1 amide bonds. The van der Waals surface area contributed by atoms with Crippen LogP contribution in [0.3, 0.4) is 0 Å². The SMILES string of the molecule is CCS1(N2CCCCC2)C=C(C)N=C1N(C)C(=O)c1cc(Br)ccc1O. The van der Waals surface area contributed by atoms with Gasteiger partial charge in [-0.25, -0.2) is 4.99 Å². The summed E-state index contributed by atoms with van der Waals surface area (Å²) in [6, 6.07) is 4.92. The van der Waals surface area contributed by atoms with Crippen molar-refractivity contribution in [3.05, 3.63) is 39.3 Å². The van der Waals surface area contributed by atoms with Crippen molar-refractivity contribution in [2.75, 3.05) is 25.9 Å². The Bertz CT molecular complexity index is 774. The predicted molar refractivity (Wildman–Crippen MR) is 113 cm³/mol. The van der Waals surface area contributed by atoms with Crippen molar-refractivity contribution in [3.8, 4) is 5.75 Å². The number of aromatic hydroxyl groups is 1. The predicted octanol–water partition coefficient (Wildman–Crippen LogP) is 4.68. The van der Waals surface area contributed by atoms with Crippen LogP contribution in [0.25, 0.3) is 0 Å². The Morgan fingerprint density at radius 1 is 1.35 bits per heavy atom. The average Bonchev–Trinajstić information content (AvgIpc) is 3.01. The van der Waals surface area contributed by atoms with Gasteiger partial charge in [-0.2, -0.15) is 0 Å².